The SMILES string of the molecule is CN(C(=O)c1cnc(NCCC2=CCCCC2)cn1)C1CCS(=O)(=O)C1. The lowest BCUT2D eigenvalue weighted by Gasteiger charge is -2.22. The van der Waals surface area contributed by atoms with Gasteiger partial charge in [-0.1, -0.05) is 11.6 Å². The van der Waals surface area contributed by atoms with Crippen LogP contribution >= 0.6 is 0 Å². The zero-order chi connectivity index (χ0) is 18.6. The van der Waals surface area contributed by atoms with Crippen LogP contribution in [0.2, 0.25) is 0 Å². The molecule has 7 nitrogen and oxygen atoms in total. The Kier molecular flexibility index (Phi) is 5.90. The molecule has 0 radical (unpaired) electrons. The normalized spacial score (nSPS) is 21.9. The maximum Gasteiger partial charge on any atom is 0.274 e. The summed E-state index contributed by atoms with van der Waals surface area (Å²) in [5.74, 6) is 0.515. The number of carbonyl (C=O) groups excluding carboxylic acids is 1. The minimum absolute atomic E-state index is 0.0260. The van der Waals surface area contributed by atoms with Crippen molar-refractivity contribution in [2.24, 2.45) is 0 Å². The van der Waals surface area contributed by atoms with E-state index in [1.165, 1.54) is 42.4 Å². The maximum absolute atomic E-state index is 12.5. The molecule has 0 saturated carbocycles. The molecule has 1 aliphatic carbocycles. The van der Waals surface area contributed by atoms with E-state index < -0.39 is 9.84 Å². The van der Waals surface area contributed by atoms with E-state index in [1.807, 2.05) is 0 Å². The van der Waals surface area contributed by atoms with Gasteiger partial charge in [-0.05, 0) is 38.5 Å². The molecule has 1 aromatic heterocycles. The van der Waals surface area contributed by atoms with Crippen molar-refractivity contribution in [3.05, 3.63) is 29.7 Å². The first kappa shape index (κ1) is 18.8. The Balaban J connectivity index is 1.51. The van der Waals surface area contributed by atoms with E-state index in [1.54, 1.807) is 13.2 Å². The fourth-order valence-corrected chi connectivity index (χ4v) is 5.21. The Hall–Kier alpha value is -1.96. The summed E-state index contributed by atoms with van der Waals surface area (Å²) in [7, 11) is -1.40. The smallest absolute Gasteiger partial charge is 0.274 e. The molecule has 2 heterocycles. The molecule has 1 N–H and O–H groups in total. The number of allylic oxidation sites excluding steroid dienone is 1. The summed E-state index contributed by atoms with van der Waals surface area (Å²) in [5.41, 5.74) is 1.73. The highest BCUT2D eigenvalue weighted by Gasteiger charge is 2.33. The molecular weight excluding hydrogens is 352 g/mol. The van der Waals surface area contributed by atoms with Crippen LogP contribution in [0.3, 0.4) is 0 Å². The average molecular weight is 378 g/mol. The molecule has 1 saturated heterocycles. The van der Waals surface area contributed by atoms with Crippen LogP contribution in [0.5, 0.6) is 0 Å². The zero-order valence-electron chi connectivity index (χ0n) is 15.1. The number of anilines is 1. The third-order valence-electron chi connectivity index (χ3n) is 5.08. The molecule has 8 heteroatoms. The third-order valence-corrected chi connectivity index (χ3v) is 6.84. The second kappa shape index (κ2) is 8.16. The van der Waals surface area contributed by atoms with Gasteiger partial charge in [0.15, 0.2) is 9.84 Å². The van der Waals surface area contributed by atoms with Gasteiger partial charge < -0.3 is 10.2 Å². The number of carbonyl (C=O) groups is 1. The monoisotopic (exact) mass is 378 g/mol. The van der Waals surface area contributed by atoms with E-state index >= 15 is 0 Å². The first-order valence-electron chi connectivity index (χ1n) is 9.16. The van der Waals surface area contributed by atoms with Gasteiger partial charge >= 0.3 is 0 Å². The molecule has 26 heavy (non-hydrogen) atoms. The minimum atomic E-state index is -3.03. The van der Waals surface area contributed by atoms with Gasteiger partial charge in [0, 0.05) is 19.6 Å². The molecule has 1 amide bonds. The number of aromatic nitrogens is 2. The Morgan fingerprint density at radius 3 is 2.77 bits per heavy atom. The van der Waals surface area contributed by atoms with Crippen molar-refractivity contribution in [2.45, 2.75) is 44.6 Å². The number of amides is 1. The molecule has 1 aliphatic heterocycles. The molecule has 2 aliphatic rings. The fourth-order valence-electron chi connectivity index (χ4n) is 3.44. The molecule has 1 aromatic rings. The van der Waals surface area contributed by atoms with Gasteiger partial charge in [-0.3, -0.25) is 4.79 Å². The zero-order valence-corrected chi connectivity index (χ0v) is 16.0. The number of hydrogen-bond donors (Lipinski definition) is 1. The van der Waals surface area contributed by atoms with Crippen LogP contribution in [-0.4, -0.2) is 60.3 Å². The van der Waals surface area contributed by atoms with Gasteiger partial charge in [-0.2, -0.15) is 0 Å². The van der Waals surface area contributed by atoms with E-state index in [9.17, 15) is 13.2 Å². The second-order valence-electron chi connectivity index (χ2n) is 7.04. The average Bonchev–Trinajstić information content (AvgIpc) is 3.02. The summed E-state index contributed by atoms with van der Waals surface area (Å²) in [5, 5.41) is 3.23. The first-order chi connectivity index (χ1) is 12.4. The maximum atomic E-state index is 12.5. The summed E-state index contributed by atoms with van der Waals surface area (Å²) < 4.78 is 23.2. The Morgan fingerprint density at radius 2 is 2.15 bits per heavy atom. The van der Waals surface area contributed by atoms with Crippen LogP contribution in [0, 0.1) is 0 Å². The van der Waals surface area contributed by atoms with Crippen molar-refractivity contribution in [1.82, 2.24) is 14.9 Å². The van der Waals surface area contributed by atoms with Crippen molar-refractivity contribution in [2.75, 3.05) is 30.4 Å². The van der Waals surface area contributed by atoms with Crippen molar-refractivity contribution >= 4 is 21.6 Å². The van der Waals surface area contributed by atoms with Crippen LogP contribution in [-0.2, 0) is 9.84 Å². The van der Waals surface area contributed by atoms with Crippen LogP contribution < -0.4 is 5.32 Å². The highest BCUT2D eigenvalue weighted by Crippen LogP contribution is 2.20. The molecule has 0 aromatic carbocycles. The van der Waals surface area contributed by atoms with Gasteiger partial charge in [0.25, 0.3) is 5.91 Å². The molecule has 1 atom stereocenters. The van der Waals surface area contributed by atoms with Gasteiger partial charge in [-0.15, -0.1) is 0 Å². The van der Waals surface area contributed by atoms with Crippen molar-refractivity contribution in [3.63, 3.8) is 0 Å². The van der Waals surface area contributed by atoms with E-state index in [0.29, 0.717) is 12.2 Å². The summed E-state index contributed by atoms with van der Waals surface area (Å²) in [6, 6.07) is -0.282. The number of rotatable bonds is 6. The third kappa shape index (κ3) is 4.81. The Labute approximate surface area is 154 Å². The molecule has 0 spiro atoms. The van der Waals surface area contributed by atoms with Gasteiger partial charge in [0.2, 0.25) is 0 Å². The van der Waals surface area contributed by atoms with Crippen molar-refractivity contribution in [3.8, 4) is 0 Å². The summed E-state index contributed by atoms with van der Waals surface area (Å²) in [4.78, 5) is 22.4. The fraction of sp³-hybridized carbons (Fsp3) is 0.611. The van der Waals surface area contributed by atoms with Crippen LogP contribution in [0.4, 0.5) is 5.82 Å². The predicted molar refractivity (Wildman–Crippen MR) is 101 cm³/mol. The van der Waals surface area contributed by atoms with Gasteiger partial charge in [0.05, 0.1) is 23.9 Å². The van der Waals surface area contributed by atoms with E-state index in [4.69, 9.17) is 0 Å². The molecule has 1 unspecified atom stereocenters. The second-order valence-corrected chi connectivity index (χ2v) is 9.27. The largest absolute Gasteiger partial charge is 0.368 e. The molecule has 142 valence electrons. The first-order valence-corrected chi connectivity index (χ1v) is 11.0. The van der Waals surface area contributed by atoms with E-state index in [2.05, 4.69) is 21.4 Å². The van der Waals surface area contributed by atoms with Crippen LogP contribution in [0.25, 0.3) is 0 Å². The Morgan fingerprint density at radius 1 is 1.31 bits per heavy atom. The minimum Gasteiger partial charge on any atom is -0.368 e. The lowest BCUT2D eigenvalue weighted by Crippen LogP contribution is -2.38. The summed E-state index contributed by atoms with van der Waals surface area (Å²) in [6.07, 6.45) is 11.8. The lowest BCUT2D eigenvalue weighted by atomic mass is 9.97. The van der Waals surface area contributed by atoms with Crippen LogP contribution in [0.15, 0.2) is 24.0 Å². The molecule has 3 rings (SSSR count). The standard InChI is InChI=1S/C18H26N4O3S/c1-22(15-8-10-26(24,25)13-15)18(23)16-11-21-17(12-20-16)19-9-7-14-5-3-2-4-6-14/h5,11-12,15H,2-4,6-10,13H2,1H3,(H,19,21). The number of nitrogens with zero attached hydrogens (tertiary/aromatic N) is 3. The lowest BCUT2D eigenvalue weighted by molar-refractivity contribution is 0.0741. The van der Waals surface area contributed by atoms with Crippen LogP contribution in [0.1, 0.15) is 49.0 Å². The number of sulfone groups is 1. The molecular formula is C18H26N4O3S. The van der Waals surface area contributed by atoms with Gasteiger partial charge in [-0.25, -0.2) is 18.4 Å². The number of hydrogen-bond acceptors (Lipinski definition) is 6. The van der Waals surface area contributed by atoms with Crippen molar-refractivity contribution < 1.29 is 13.2 Å². The predicted octanol–water partition coefficient (Wildman–Crippen LogP) is 2.04. The van der Waals surface area contributed by atoms with E-state index in [0.717, 1.165) is 13.0 Å². The van der Waals surface area contributed by atoms with E-state index in [-0.39, 0.29) is 29.1 Å². The highest BCUT2D eigenvalue weighted by molar-refractivity contribution is 7.91. The summed E-state index contributed by atoms with van der Waals surface area (Å²) >= 11 is 0. The molecule has 0 bridgehead atoms. The topological polar surface area (TPSA) is 92.3 Å². The molecule has 1 fully saturated rings. The quantitative estimate of drug-likeness (QED) is 0.762. The number of nitrogens with one attached hydrogen (secondary N) is 1. The van der Waals surface area contributed by atoms with Crippen molar-refractivity contribution in [1.29, 1.82) is 0 Å². The van der Waals surface area contributed by atoms with Gasteiger partial charge in [0.1, 0.15) is 11.5 Å². The Bertz CT molecular complexity index is 774. The summed E-state index contributed by atoms with van der Waals surface area (Å²) in [6.45, 7) is 0.799. The highest BCUT2D eigenvalue weighted by atomic mass is 32.2.